The molecule has 2 heterocycles. The Morgan fingerprint density at radius 2 is 2.06 bits per heavy atom. The van der Waals surface area contributed by atoms with Crippen molar-refractivity contribution >= 4 is 41.5 Å². The Morgan fingerprint density at radius 1 is 1.23 bits per heavy atom. The normalized spacial score (nSPS) is 14.7. The second-order valence-corrected chi connectivity index (χ2v) is 7.96. The number of benzene rings is 1. The number of aromatic nitrogens is 3. The molecule has 1 aromatic heterocycles. The Kier molecular flexibility index (Phi) is 11.4. The van der Waals surface area contributed by atoms with E-state index in [1.165, 1.54) is 19.3 Å². The van der Waals surface area contributed by atoms with E-state index in [9.17, 15) is 0 Å². The van der Waals surface area contributed by atoms with E-state index in [4.69, 9.17) is 16.3 Å². The summed E-state index contributed by atoms with van der Waals surface area (Å²) in [5.41, 5.74) is 0. The van der Waals surface area contributed by atoms with E-state index >= 15 is 0 Å². The predicted octanol–water partition coefficient (Wildman–Crippen LogP) is 4.23. The van der Waals surface area contributed by atoms with Crippen molar-refractivity contribution in [3.05, 3.63) is 40.9 Å². The SMILES string of the molecule is CCC(CNC(=NC)NCCCc1nnc2n1CCCCC2)Oc1ccccc1Cl.I. The summed E-state index contributed by atoms with van der Waals surface area (Å²) in [5.74, 6) is 3.74. The summed E-state index contributed by atoms with van der Waals surface area (Å²) in [7, 11) is 1.78. The van der Waals surface area contributed by atoms with E-state index in [1.807, 2.05) is 24.3 Å². The van der Waals surface area contributed by atoms with E-state index < -0.39 is 0 Å². The Morgan fingerprint density at radius 3 is 2.84 bits per heavy atom. The molecular formula is C22H34ClIN6O. The molecule has 0 saturated carbocycles. The number of hydrogen-bond donors (Lipinski definition) is 2. The minimum absolute atomic E-state index is 0. The highest BCUT2D eigenvalue weighted by atomic mass is 127. The molecule has 1 aliphatic heterocycles. The first-order valence-electron chi connectivity index (χ1n) is 11.0. The Balaban J connectivity index is 0.00000341. The zero-order valence-corrected chi connectivity index (χ0v) is 21.5. The van der Waals surface area contributed by atoms with E-state index in [0.717, 1.165) is 56.4 Å². The molecular weight excluding hydrogens is 527 g/mol. The fraction of sp³-hybridized carbons (Fsp3) is 0.591. The van der Waals surface area contributed by atoms with E-state index in [0.29, 0.717) is 17.3 Å². The maximum atomic E-state index is 6.20. The molecule has 2 N–H and O–H groups in total. The quantitative estimate of drug-likeness (QED) is 0.208. The van der Waals surface area contributed by atoms with Crippen molar-refractivity contribution in [3.8, 4) is 5.75 Å². The Labute approximate surface area is 207 Å². The molecule has 7 nitrogen and oxygen atoms in total. The van der Waals surface area contributed by atoms with Gasteiger partial charge in [-0.25, -0.2) is 0 Å². The standard InChI is InChI=1S/C22H33ClN6O.HI/c1-3-17(30-19-11-7-6-10-18(19)23)16-26-22(24-2)25-14-9-13-21-28-27-20-12-5-4-8-15-29(20)21;/h6-7,10-11,17H,3-5,8-9,12-16H2,1-2H3,(H2,24,25,26);1H. The number of nitrogens with zero attached hydrogens (tertiary/aromatic N) is 4. The van der Waals surface area contributed by atoms with Gasteiger partial charge in [-0.1, -0.05) is 37.1 Å². The third-order valence-corrected chi connectivity index (χ3v) is 5.67. The maximum Gasteiger partial charge on any atom is 0.191 e. The van der Waals surface area contributed by atoms with Crippen molar-refractivity contribution in [3.63, 3.8) is 0 Å². The number of ether oxygens (including phenoxy) is 1. The highest BCUT2D eigenvalue weighted by molar-refractivity contribution is 14.0. The second kappa shape index (κ2) is 13.8. The number of fused-ring (bicyclic) bond motifs is 1. The topological polar surface area (TPSA) is 76.4 Å². The van der Waals surface area contributed by atoms with E-state index in [1.54, 1.807) is 7.05 Å². The molecule has 1 atom stereocenters. The summed E-state index contributed by atoms with van der Waals surface area (Å²) < 4.78 is 8.35. The number of nitrogens with one attached hydrogen (secondary N) is 2. The summed E-state index contributed by atoms with van der Waals surface area (Å²) in [6, 6.07) is 7.56. The minimum Gasteiger partial charge on any atom is -0.487 e. The summed E-state index contributed by atoms with van der Waals surface area (Å²) in [5, 5.41) is 16.1. The van der Waals surface area contributed by atoms with Crippen molar-refractivity contribution in [2.24, 2.45) is 4.99 Å². The van der Waals surface area contributed by atoms with Crippen LogP contribution in [0.25, 0.3) is 0 Å². The van der Waals surface area contributed by atoms with Crippen LogP contribution in [0.5, 0.6) is 5.75 Å². The highest BCUT2D eigenvalue weighted by Gasteiger charge is 2.14. The molecule has 9 heteroatoms. The van der Waals surface area contributed by atoms with Gasteiger partial charge in [0.25, 0.3) is 0 Å². The van der Waals surface area contributed by atoms with Crippen LogP contribution in [0.3, 0.4) is 0 Å². The molecule has 1 unspecified atom stereocenters. The minimum atomic E-state index is 0. The monoisotopic (exact) mass is 560 g/mol. The Bertz CT molecular complexity index is 828. The molecule has 0 spiro atoms. The molecule has 0 amide bonds. The van der Waals surface area contributed by atoms with Gasteiger partial charge in [-0.05, 0) is 37.8 Å². The first kappa shape index (κ1) is 25.7. The average molecular weight is 561 g/mol. The largest absolute Gasteiger partial charge is 0.487 e. The van der Waals surface area contributed by atoms with Crippen LogP contribution in [0, 0.1) is 0 Å². The van der Waals surface area contributed by atoms with Crippen LogP contribution in [0.1, 0.15) is 50.7 Å². The molecule has 2 aromatic rings. The Hall–Kier alpha value is -1.55. The molecule has 1 aliphatic rings. The van der Waals surface area contributed by atoms with Crippen molar-refractivity contribution in [1.82, 2.24) is 25.4 Å². The highest BCUT2D eigenvalue weighted by Crippen LogP contribution is 2.24. The smallest absolute Gasteiger partial charge is 0.191 e. The molecule has 0 bridgehead atoms. The lowest BCUT2D eigenvalue weighted by atomic mass is 10.2. The first-order chi connectivity index (χ1) is 14.7. The van der Waals surface area contributed by atoms with Gasteiger partial charge in [-0.15, -0.1) is 34.2 Å². The predicted molar refractivity (Wildman–Crippen MR) is 137 cm³/mol. The van der Waals surface area contributed by atoms with Gasteiger partial charge in [0.1, 0.15) is 23.5 Å². The number of para-hydroxylation sites is 1. The number of hydrogen-bond acceptors (Lipinski definition) is 4. The number of guanidine groups is 1. The van der Waals surface area contributed by atoms with Gasteiger partial charge in [-0.2, -0.15) is 0 Å². The van der Waals surface area contributed by atoms with Gasteiger partial charge < -0.3 is 19.9 Å². The zero-order valence-electron chi connectivity index (χ0n) is 18.4. The molecule has 0 aliphatic carbocycles. The third-order valence-electron chi connectivity index (χ3n) is 5.36. The van der Waals surface area contributed by atoms with Gasteiger partial charge in [0, 0.05) is 33.0 Å². The molecule has 1 aromatic carbocycles. The van der Waals surface area contributed by atoms with Crippen molar-refractivity contribution in [1.29, 1.82) is 0 Å². The third kappa shape index (κ3) is 7.82. The van der Waals surface area contributed by atoms with Gasteiger partial charge in [0.15, 0.2) is 5.96 Å². The number of aryl methyl sites for hydroxylation is 2. The van der Waals surface area contributed by atoms with Crippen LogP contribution in [0.2, 0.25) is 5.02 Å². The summed E-state index contributed by atoms with van der Waals surface area (Å²) >= 11 is 6.20. The van der Waals surface area contributed by atoms with Crippen molar-refractivity contribution in [2.45, 2.75) is 64.5 Å². The summed E-state index contributed by atoms with van der Waals surface area (Å²) in [4.78, 5) is 4.32. The van der Waals surface area contributed by atoms with Crippen LogP contribution in [0.15, 0.2) is 29.3 Å². The number of aliphatic imine (C=N–C) groups is 1. The average Bonchev–Trinajstić information content (AvgIpc) is 2.99. The van der Waals surface area contributed by atoms with Gasteiger partial charge in [0.2, 0.25) is 0 Å². The second-order valence-electron chi connectivity index (χ2n) is 7.56. The van der Waals surface area contributed by atoms with Crippen LogP contribution in [-0.4, -0.2) is 47.0 Å². The maximum absolute atomic E-state index is 6.20. The number of halogens is 2. The fourth-order valence-electron chi connectivity index (χ4n) is 3.60. The van der Waals surface area contributed by atoms with Gasteiger partial charge >= 0.3 is 0 Å². The fourth-order valence-corrected chi connectivity index (χ4v) is 3.78. The lowest BCUT2D eigenvalue weighted by molar-refractivity contribution is 0.199. The molecule has 0 radical (unpaired) electrons. The lowest BCUT2D eigenvalue weighted by Gasteiger charge is -2.20. The molecule has 0 fully saturated rings. The number of rotatable bonds is 9. The van der Waals surface area contributed by atoms with Crippen molar-refractivity contribution in [2.75, 3.05) is 20.1 Å². The molecule has 3 rings (SSSR count). The lowest BCUT2D eigenvalue weighted by Crippen LogP contribution is -2.42. The van der Waals surface area contributed by atoms with Crippen LogP contribution in [0.4, 0.5) is 0 Å². The molecule has 31 heavy (non-hydrogen) atoms. The van der Waals surface area contributed by atoms with Crippen molar-refractivity contribution < 1.29 is 4.74 Å². The molecule has 0 saturated heterocycles. The summed E-state index contributed by atoms with van der Waals surface area (Å²) in [6.45, 7) is 4.63. The van der Waals surface area contributed by atoms with Gasteiger partial charge in [0.05, 0.1) is 11.6 Å². The van der Waals surface area contributed by atoms with E-state index in [-0.39, 0.29) is 30.1 Å². The first-order valence-corrected chi connectivity index (χ1v) is 11.4. The summed E-state index contributed by atoms with van der Waals surface area (Å²) in [6.07, 6.45) is 7.56. The van der Waals surface area contributed by atoms with Crippen LogP contribution < -0.4 is 15.4 Å². The van der Waals surface area contributed by atoms with E-state index in [2.05, 4.69) is 37.3 Å². The van der Waals surface area contributed by atoms with Gasteiger partial charge in [-0.3, -0.25) is 4.99 Å². The zero-order chi connectivity index (χ0) is 21.2. The van der Waals surface area contributed by atoms with Crippen LogP contribution >= 0.6 is 35.6 Å². The molecule has 172 valence electrons. The van der Waals surface area contributed by atoms with Crippen LogP contribution in [-0.2, 0) is 19.4 Å².